The van der Waals surface area contributed by atoms with Crippen LogP contribution in [-0.4, -0.2) is 72.1 Å². The van der Waals surface area contributed by atoms with E-state index in [9.17, 15) is 4.79 Å². The molecule has 0 saturated carbocycles. The summed E-state index contributed by atoms with van der Waals surface area (Å²) in [4.78, 5) is 23.7. The molecule has 0 spiro atoms. The number of aromatic nitrogens is 6. The van der Waals surface area contributed by atoms with Gasteiger partial charge < -0.3 is 15.4 Å². The minimum Gasteiger partial charge on any atom is -0.382 e. The molecule has 0 radical (unpaired) electrons. The van der Waals surface area contributed by atoms with Gasteiger partial charge in [-0.25, -0.2) is 14.5 Å². The number of anilines is 2. The Morgan fingerprint density at radius 3 is 2.70 bits per heavy atom. The van der Waals surface area contributed by atoms with Gasteiger partial charge in [0.25, 0.3) is 0 Å². The fourth-order valence-corrected chi connectivity index (χ4v) is 5.22. The van der Waals surface area contributed by atoms with Gasteiger partial charge in [0, 0.05) is 49.8 Å². The molecule has 4 aromatic rings. The van der Waals surface area contributed by atoms with Crippen LogP contribution in [0.4, 0.5) is 11.5 Å². The lowest BCUT2D eigenvalue weighted by Gasteiger charge is -2.43. The topological polar surface area (TPSA) is 146 Å². The van der Waals surface area contributed by atoms with Crippen molar-refractivity contribution in [2.45, 2.75) is 38.3 Å². The molecular weight excluding hydrogens is 472 g/mol. The van der Waals surface area contributed by atoms with Crippen molar-refractivity contribution >= 4 is 22.9 Å². The molecule has 37 heavy (non-hydrogen) atoms. The Morgan fingerprint density at radius 1 is 1.08 bits per heavy atom. The number of fused-ring (bicyclic) bond motifs is 1. The lowest BCUT2D eigenvalue weighted by atomic mass is 9.99. The van der Waals surface area contributed by atoms with Crippen molar-refractivity contribution in [2.75, 3.05) is 36.9 Å². The Balaban J connectivity index is 1.45. The first-order chi connectivity index (χ1) is 17.9. The SMILES string of the molecule is CC1(C)C(=O)N(c2cncc(-c3cc(-c4ccnn4C4CCOCC4)c4c(N)ncnn34)c2)CCN1N. The molecule has 2 fully saturated rings. The number of nitrogens with zero attached hydrogens (tertiary/aromatic N) is 8. The average molecular weight is 503 g/mol. The second-order valence-electron chi connectivity index (χ2n) is 9.99. The molecule has 0 atom stereocenters. The van der Waals surface area contributed by atoms with Crippen LogP contribution < -0.4 is 16.5 Å². The molecule has 6 rings (SSSR count). The Hall–Kier alpha value is -3.87. The molecule has 4 aromatic heterocycles. The van der Waals surface area contributed by atoms with Gasteiger partial charge in [0.05, 0.1) is 29.3 Å². The normalized spacial score (nSPS) is 19.1. The molecule has 1 amide bonds. The summed E-state index contributed by atoms with van der Waals surface area (Å²) in [5.74, 6) is 6.38. The van der Waals surface area contributed by atoms with Gasteiger partial charge in [0.15, 0.2) is 5.82 Å². The van der Waals surface area contributed by atoms with Crippen LogP contribution in [0.25, 0.3) is 28.0 Å². The summed E-state index contributed by atoms with van der Waals surface area (Å²) in [6.07, 6.45) is 8.50. The van der Waals surface area contributed by atoms with Crippen LogP contribution in [0.3, 0.4) is 0 Å². The van der Waals surface area contributed by atoms with Gasteiger partial charge in [-0.05, 0) is 44.9 Å². The highest BCUT2D eigenvalue weighted by Crippen LogP contribution is 2.37. The number of hydrogen-bond donors (Lipinski definition) is 2. The van der Waals surface area contributed by atoms with Gasteiger partial charge in [-0.15, -0.1) is 0 Å². The zero-order valence-corrected chi connectivity index (χ0v) is 20.9. The molecule has 2 saturated heterocycles. The number of piperazine rings is 1. The van der Waals surface area contributed by atoms with Crippen molar-refractivity contribution in [3.63, 3.8) is 0 Å². The summed E-state index contributed by atoms with van der Waals surface area (Å²) in [5, 5.41) is 10.7. The van der Waals surface area contributed by atoms with E-state index in [1.54, 1.807) is 33.0 Å². The van der Waals surface area contributed by atoms with Crippen LogP contribution in [0.2, 0.25) is 0 Å². The summed E-state index contributed by atoms with van der Waals surface area (Å²) >= 11 is 0. The number of ether oxygens (including phenoxy) is 1. The van der Waals surface area contributed by atoms with Gasteiger partial charge in [-0.1, -0.05) is 0 Å². The number of carbonyl (C=O) groups is 1. The summed E-state index contributed by atoms with van der Waals surface area (Å²) in [7, 11) is 0. The number of amides is 1. The molecular formula is C25H30N10O2. The molecule has 12 nitrogen and oxygen atoms in total. The zero-order chi connectivity index (χ0) is 25.7. The van der Waals surface area contributed by atoms with E-state index in [4.69, 9.17) is 16.3 Å². The first-order valence-electron chi connectivity index (χ1n) is 12.4. The highest BCUT2D eigenvalue weighted by Gasteiger charge is 2.41. The van der Waals surface area contributed by atoms with E-state index in [1.165, 1.54) is 6.33 Å². The fraction of sp³-hybridized carbons (Fsp3) is 0.400. The van der Waals surface area contributed by atoms with Crippen molar-refractivity contribution in [3.8, 4) is 22.5 Å². The number of pyridine rings is 1. The fourth-order valence-electron chi connectivity index (χ4n) is 5.22. The number of nitrogens with two attached hydrogens (primary N) is 2. The lowest BCUT2D eigenvalue weighted by Crippen LogP contribution is -2.65. The highest BCUT2D eigenvalue weighted by molar-refractivity contribution is 6.01. The molecule has 4 N–H and O–H groups in total. The van der Waals surface area contributed by atoms with E-state index >= 15 is 0 Å². The largest absolute Gasteiger partial charge is 0.382 e. The minimum absolute atomic E-state index is 0.0761. The van der Waals surface area contributed by atoms with Crippen LogP contribution in [-0.2, 0) is 9.53 Å². The number of nitrogen functional groups attached to an aromatic ring is 1. The molecule has 2 aliphatic heterocycles. The van der Waals surface area contributed by atoms with Gasteiger partial charge in [0.1, 0.15) is 17.4 Å². The predicted octanol–water partition coefficient (Wildman–Crippen LogP) is 1.89. The van der Waals surface area contributed by atoms with Crippen LogP contribution >= 0.6 is 0 Å². The van der Waals surface area contributed by atoms with Crippen LogP contribution in [0, 0.1) is 0 Å². The molecule has 192 valence electrons. The standard InChI is InChI=1S/C25H30N10O2/c1-25(2)24(36)32(7-8-33(25)27)18-11-16(13-28-14-18)21-12-19(22-23(26)29-15-31-35(21)22)20-3-6-30-34(20)17-4-9-37-10-5-17/h3,6,11-15,17H,4-5,7-10,27H2,1-2H3,(H2,26,29,31). The molecule has 2 aliphatic rings. The van der Waals surface area contributed by atoms with E-state index < -0.39 is 5.54 Å². The van der Waals surface area contributed by atoms with Crippen LogP contribution in [0.15, 0.2) is 43.1 Å². The molecule has 12 heteroatoms. The number of rotatable bonds is 4. The smallest absolute Gasteiger partial charge is 0.248 e. The van der Waals surface area contributed by atoms with Gasteiger partial charge in [-0.2, -0.15) is 10.2 Å². The van der Waals surface area contributed by atoms with Gasteiger partial charge >= 0.3 is 0 Å². The molecule has 0 aromatic carbocycles. The van der Waals surface area contributed by atoms with E-state index in [0.29, 0.717) is 43.3 Å². The van der Waals surface area contributed by atoms with Crippen LogP contribution in [0.5, 0.6) is 0 Å². The molecule has 6 heterocycles. The van der Waals surface area contributed by atoms with Crippen molar-refractivity contribution in [1.82, 2.24) is 34.4 Å². The second kappa shape index (κ2) is 8.91. The third-order valence-electron chi connectivity index (χ3n) is 7.45. The van der Waals surface area contributed by atoms with Crippen molar-refractivity contribution in [2.24, 2.45) is 5.84 Å². The maximum atomic E-state index is 13.2. The third-order valence-corrected chi connectivity index (χ3v) is 7.45. The summed E-state index contributed by atoms with van der Waals surface area (Å²) in [6.45, 7) is 6.11. The Kier molecular flexibility index (Phi) is 5.66. The molecule has 0 bridgehead atoms. The first-order valence-corrected chi connectivity index (χ1v) is 12.4. The lowest BCUT2D eigenvalue weighted by molar-refractivity contribution is -0.131. The molecule has 0 unspecified atom stereocenters. The molecule has 0 aliphatic carbocycles. The number of carbonyl (C=O) groups excluding carboxylic acids is 1. The summed E-state index contributed by atoms with van der Waals surface area (Å²) in [5.41, 5.74) is 10.4. The summed E-state index contributed by atoms with van der Waals surface area (Å²) < 4.78 is 9.38. The summed E-state index contributed by atoms with van der Waals surface area (Å²) in [6, 6.07) is 6.22. The van der Waals surface area contributed by atoms with E-state index in [1.807, 2.05) is 32.0 Å². The van der Waals surface area contributed by atoms with E-state index in [0.717, 1.165) is 35.4 Å². The average Bonchev–Trinajstić information content (AvgIpc) is 3.54. The van der Waals surface area contributed by atoms with Gasteiger partial charge in [0.2, 0.25) is 5.91 Å². The van der Waals surface area contributed by atoms with Crippen molar-refractivity contribution < 1.29 is 9.53 Å². The highest BCUT2D eigenvalue weighted by atomic mass is 16.5. The first kappa shape index (κ1) is 23.5. The third kappa shape index (κ3) is 3.84. The zero-order valence-electron chi connectivity index (χ0n) is 20.9. The van der Waals surface area contributed by atoms with E-state index in [-0.39, 0.29) is 11.9 Å². The van der Waals surface area contributed by atoms with Crippen molar-refractivity contribution in [3.05, 3.63) is 43.1 Å². The number of hydrazine groups is 1. The quantitative estimate of drug-likeness (QED) is 0.399. The monoisotopic (exact) mass is 502 g/mol. The van der Waals surface area contributed by atoms with E-state index in [2.05, 4.69) is 24.8 Å². The maximum absolute atomic E-state index is 13.2. The Morgan fingerprint density at radius 2 is 1.89 bits per heavy atom. The Labute approximate surface area is 213 Å². The van der Waals surface area contributed by atoms with Gasteiger partial charge in [-0.3, -0.25) is 20.3 Å². The second-order valence-corrected chi connectivity index (χ2v) is 9.99. The number of hydrogen-bond acceptors (Lipinski definition) is 9. The Bertz CT molecular complexity index is 1470. The van der Waals surface area contributed by atoms with Crippen LogP contribution in [0.1, 0.15) is 32.7 Å². The maximum Gasteiger partial charge on any atom is 0.248 e. The predicted molar refractivity (Wildman–Crippen MR) is 138 cm³/mol. The minimum atomic E-state index is -0.812. The van der Waals surface area contributed by atoms with Crippen molar-refractivity contribution in [1.29, 1.82) is 0 Å².